The average Bonchev–Trinajstić information content (AvgIpc) is 2.74. The highest BCUT2D eigenvalue weighted by Gasteiger charge is 2.21. The summed E-state index contributed by atoms with van der Waals surface area (Å²) < 4.78 is 32.6. The number of rotatable bonds is 5. The van der Waals surface area contributed by atoms with Crippen molar-refractivity contribution in [2.45, 2.75) is 57.8 Å². The summed E-state index contributed by atoms with van der Waals surface area (Å²) in [4.78, 5) is 0. The van der Waals surface area contributed by atoms with Gasteiger partial charge in [0.1, 0.15) is 0 Å². The number of hydrogen-bond acceptors (Lipinski definition) is 1. The average molecular weight is 382 g/mol. The monoisotopic (exact) mass is 382 g/mol. The molecule has 1 nitrogen and oxygen atoms in total. The van der Waals surface area contributed by atoms with Crippen molar-refractivity contribution in [2.75, 3.05) is 7.11 Å². The molecule has 1 aliphatic carbocycles. The van der Waals surface area contributed by atoms with Crippen molar-refractivity contribution in [1.29, 1.82) is 0 Å². The highest BCUT2D eigenvalue weighted by molar-refractivity contribution is 5.41. The topological polar surface area (TPSA) is 9.23 Å². The van der Waals surface area contributed by atoms with Crippen LogP contribution in [0.25, 0.3) is 0 Å². The van der Waals surface area contributed by atoms with Crippen LogP contribution < -0.4 is 4.74 Å². The van der Waals surface area contributed by atoms with Crippen LogP contribution in [0.3, 0.4) is 0 Å². The molecule has 3 heteroatoms. The lowest BCUT2D eigenvalue weighted by molar-refractivity contribution is 0.371. The predicted molar refractivity (Wildman–Crippen MR) is 110 cm³/mol. The Morgan fingerprint density at radius 2 is 1.68 bits per heavy atom. The number of methoxy groups -OCH3 is 1. The molecule has 0 unspecified atom stereocenters. The third kappa shape index (κ3) is 4.93. The molecule has 0 aromatic heterocycles. The molecule has 28 heavy (non-hydrogen) atoms. The summed E-state index contributed by atoms with van der Waals surface area (Å²) in [5.41, 5.74) is 2.93. The van der Waals surface area contributed by atoms with E-state index in [1.54, 1.807) is 0 Å². The second kappa shape index (κ2) is 9.73. The standard InChI is InChI=1S/C25H28F2O/c1-3-4-5-18-6-11-20(12-7-18)21-13-8-19(9-14-21)10-15-22-16-17-23(28-2)25(27)24(22)26/h6-7,11-12,16-17,19,21H,3-5,8-9,13-14H2,1-2H3/t19-,21-. The zero-order chi connectivity index (χ0) is 19.9. The van der Waals surface area contributed by atoms with Crippen LogP contribution >= 0.6 is 0 Å². The number of ether oxygens (including phenoxy) is 1. The largest absolute Gasteiger partial charge is 0.494 e. The van der Waals surface area contributed by atoms with Crippen molar-refractivity contribution in [3.63, 3.8) is 0 Å². The summed E-state index contributed by atoms with van der Waals surface area (Å²) in [6, 6.07) is 12.0. The summed E-state index contributed by atoms with van der Waals surface area (Å²) in [7, 11) is 1.32. The highest BCUT2D eigenvalue weighted by Crippen LogP contribution is 2.35. The maximum atomic E-state index is 14.0. The van der Waals surface area contributed by atoms with Gasteiger partial charge in [-0.3, -0.25) is 0 Å². The molecule has 2 aromatic rings. The molecule has 0 bridgehead atoms. The first-order valence-corrected chi connectivity index (χ1v) is 10.2. The van der Waals surface area contributed by atoms with Gasteiger partial charge in [0.05, 0.1) is 12.7 Å². The van der Waals surface area contributed by atoms with Gasteiger partial charge in [0.25, 0.3) is 0 Å². The van der Waals surface area contributed by atoms with E-state index >= 15 is 0 Å². The van der Waals surface area contributed by atoms with Crippen molar-refractivity contribution in [3.05, 3.63) is 64.7 Å². The van der Waals surface area contributed by atoms with Gasteiger partial charge in [-0.25, -0.2) is 4.39 Å². The van der Waals surface area contributed by atoms with Gasteiger partial charge in [0.15, 0.2) is 11.6 Å². The lowest BCUT2D eigenvalue weighted by Crippen LogP contribution is -2.12. The predicted octanol–water partition coefficient (Wildman–Crippen LogP) is 6.64. The number of benzene rings is 2. The number of hydrogen-bond donors (Lipinski definition) is 0. The number of unbranched alkanes of at least 4 members (excludes halogenated alkanes) is 1. The van der Waals surface area contributed by atoms with Crippen LogP contribution in [0, 0.1) is 29.4 Å². The van der Waals surface area contributed by atoms with Crippen molar-refractivity contribution in [1.82, 2.24) is 0 Å². The molecular formula is C25H28F2O. The molecule has 1 aliphatic rings. The molecule has 0 spiro atoms. The van der Waals surface area contributed by atoms with E-state index in [0.29, 0.717) is 5.92 Å². The maximum Gasteiger partial charge on any atom is 0.201 e. The van der Waals surface area contributed by atoms with E-state index in [1.807, 2.05) is 0 Å². The Kier molecular flexibility index (Phi) is 7.09. The van der Waals surface area contributed by atoms with E-state index in [0.717, 1.165) is 32.1 Å². The molecule has 0 atom stereocenters. The zero-order valence-electron chi connectivity index (χ0n) is 16.7. The van der Waals surface area contributed by atoms with Gasteiger partial charge in [-0.2, -0.15) is 4.39 Å². The fourth-order valence-corrected chi connectivity index (χ4v) is 3.87. The molecule has 0 saturated heterocycles. The molecule has 0 amide bonds. The van der Waals surface area contributed by atoms with Crippen molar-refractivity contribution in [2.24, 2.45) is 5.92 Å². The lowest BCUT2D eigenvalue weighted by Gasteiger charge is -2.26. The normalized spacial score (nSPS) is 19.0. The summed E-state index contributed by atoms with van der Waals surface area (Å²) in [5.74, 6) is 4.81. The molecule has 148 valence electrons. The summed E-state index contributed by atoms with van der Waals surface area (Å²) in [5, 5.41) is 0. The maximum absolute atomic E-state index is 14.0. The highest BCUT2D eigenvalue weighted by atomic mass is 19.2. The van der Waals surface area contributed by atoms with Crippen LogP contribution in [0.4, 0.5) is 8.78 Å². The molecule has 0 aliphatic heterocycles. The first-order chi connectivity index (χ1) is 13.6. The van der Waals surface area contributed by atoms with Gasteiger partial charge >= 0.3 is 0 Å². The molecular weight excluding hydrogens is 354 g/mol. The van der Waals surface area contributed by atoms with E-state index in [4.69, 9.17) is 4.74 Å². The van der Waals surface area contributed by atoms with Crippen molar-refractivity contribution < 1.29 is 13.5 Å². The summed E-state index contributed by atoms with van der Waals surface area (Å²) in [6.07, 6.45) is 7.79. The number of aryl methyl sites for hydroxylation is 1. The van der Waals surface area contributed by atoms with E-state index in [-0.39, 0.29) is 17.2 Å². The minimum absolute atomic E-state index is 0.0933. The van der Waals surface area contributed by atoms with E-state index in [9.17, 15) is 8.78 Å². The first kappa shape index (κ1) is 20.4. The Balaban J connectivity index is 1.58. The molecule has 0 heterocycles. The van der Waals surface area contributed by atoms with Crippen LogP contribution in [-0.2, 0) is 6.42 Å². The first-order valence-electron chi connectivity index (χ1n) is 10.2. The van der Waals surface area contributed by atoms with Crippen molar-refractivity contribution >= 4 is 0 Å². The fraction of sp³-hybridized carbons (Fsp3) is 0.440. The van der Waals surface area contributed by atoms with Gasteiger partial charge in [-0.15, -0.1) is 0 Å². The zero-order valence-corrected chi connectivity index (χ0v) is 16.7. The minimum atomic E-state index is -0.972. The van der Waals surface area contributed by atoms with Crippen molar-refractivity contribution in [3.8, 4) is 17.6 Å². The lowest BCUT2D eigenvalue weighted by atomic mass is 9.78. The molecule has 2 aromatic carbocycles. The SMILES string of the molecule is CCCCc1ccc([C@H]2CC[C@H](C#Cc3ccc(OC)c(F)c3F)CC2)cc1. The molecule has 1 saturated carbocycles. The van der Waals surface area contributed by atoms with E-state index in [2.05, 4.69) is 43.0 Å². The Hall–Kier alpha value is -2.34. The van der Waals surface area contributed by atoms with Gasteiger partial charge in [-0.05, 0) is 67.7 Å². The minimum Gasteiger partial charge on any atom is -0.494 e. The number of halogens is 2. The van der Waals surface area contributed by atoms with Gasteiger partial charge in [0.2, 0.25) is 5.82 Å². The van der Waals surface area contributed by atoms with E-state index < -0.39 is 11.6 Å². The van der Waals surface area contributed by atoms with Crippen LogP contribution in [0.15, 0.2) is 36.4 Å². The Bertz CT molecular complexity index is 837. The van der Waals surface area contributed by atoms with Gasteiger partial charge in [0, 0.05) is 5.92 Å². The summed E-state index contributed by atoms with van der Waals surface area (Å²) >= 11 is 0. The van der Waals surface area contributed by atoms with Crippen LogP contribution in [-0.4, -0.2) is 7.11 Å². The molecule has 3 rings (SSSR count). The van der Waals surface area contributed by atoms with Crippen LogP contribution in [0.5, 0.6) is 5.75 Å². The Labute approximate surface area is 167 Å². The Morgan fingerprint density at radius 1 is 0.964 bits per heavy atom. The third-order valence-corrected chi connectivity index (χ3v) is 5.68. The smallest absolute Gasteiger partial charge is 0.201 e. The van der Waals surface area contributed by atoms with Gasteiger partial charge in [-0.1, -0.05) is 49.5 Å². The quantitative estimate of drug-likeness (QED) is 0.527. The molecule has 0 radical (unpaired) electrons. The third-order valence-electron chi connectivity index (χ3n) is 5.68. The molecule has 0 N–H and O–H groups in total. The molecule has 1 fully saturated rings. The van der Waals surface area contributed by atoms with Crippen LogP contribution in [0.1, 0.15) is 68.1 Å². The second-order valence-electron chi connectivity index (χ2n) is 7.61. The fourth-order valence-electron chi connectivity index (χ4n) is 3.87. The summed E-state index contributed by atoms with van der Waals surface area (Å²) in [6.45, 7) is 2.22. The second-order valence-corrected chi connectivity index (χ2v) is 7.61. The Morgan fingerprint density at radius 3 is 2.32 bits per heavy atom. The van der Waals surface area contributed by atoms with E-state index in [1.165, 1.54) is 43.2 Å². The van der Waals surface area contributed by atoms with Crippen LogP contribution in [0.2, 0.25) is 0 Å². The van der Waals surface area contributed by atoms with Gasteiger partial charge < -0.3 is 4.74 Å².